The fourth-order valence-electron chi connectivity index (χ4n) is 12.3. The molecule has 0 spiro atoms. The van der Waals surface area contributed by atoms with Crippen LogP contribution in [0.25, 0.3) is 0 Å². The van der Waals surface area contributed by atoms with E-state index in [4.69, 9.17) is 0 Å². The summed E-state index contributed by atoms with van der Waals surface area (Å²) >= 11 is -7.08. The number of aliphatic carboxylic acids is 2. The van der Waals surface area contributed by atoms with E-state index in [0.29, 0.717) is 0 Å². The van der Waals surface area contributed by atoms with Gasteiger partial charge in [-0.15, -0.1) is 0 Å². The van der Waals surface area contributed by atoms with Gasteiger partial charge in [-0.1, -0.05) is 0 Å². The number of aryl methyl sites for hydroxylation is 8. The van der Waals surface area contributed by atoms with Gasteiger partial charge in [-0.2, -0.15) is 0 Å². The van der Waals surface area contributed by atoms with Gasteiger partial charge in [0.2, 0.25) is 0 Å². The summed E-state index contributed by atoms with van der Waals surface area (Å²) < 4.78 is 10.8. The van der Waals surface area contributed by atoms with Crippen molar-refractivity contribution in [3.63, 3.8) is 0 Å². The van der Waals surface area contributed by atoms with Crippen molar-refractivity contribution in [1.29, 1.82) is 0 Å². The zero-order valence-electron chi connectivity index (χ0n) is 53.2. The van der Waals surface area contributed by atoms with Gasteiger partial charge in [0.15, 0.2) is 0 Å². The Hall–Kier alpha value is -5.42. The molecule has 0 bridgehead atoms. The van der Waals surface area contributed by atoms with Crippen molar-refractivity contribution < 1.29 is 19.8 Å². The van der Waals surface area contributed by atoms with Crippen molar-refractivity contribution in [3.8, 4) is 0 Å². The van der Waals surface area contributed by atoms with Crippen LogP contribution < -0.4 is 26.4 Å². The summed E-state index contributed by atoms with van der Waals surface area (Å²) in [6.07, 6.45) is 18.0. The molecule has 0 aromatic heterocycles. The molecule has 4 nitrogen and oxygen atoms in total. The Bertz CT molecular complexity index is 2770. The molecule has 0 saturated carbocycles. The molecule has 0 aliphatic heterocycles. The third-order valence-electron chi connectivity index (χ3n) is 17.2. The first-order chi connectivity index (χ1) is 41.0. The van der Waals surface area contributed by atoms with E-state index < -0.39 is 38.5 Å². The summed E-state index contributed by atoms with van der Waals surface area (Å²) in [5.41, 5.74) is 11.8. The number of carboxylic acids is 2. The van der Waals surface area contributed by atoms with Gasteiger partial charge in [-0.05, 0) is 0 Å². The monoisotopic (exact) mass is 1370 g/mol. The first-order valence-electron chi connectivity index (χ1n) is 31.7. The van der Waals surface area contributed by atoms with E-state index in [-0.39, 0.29) is 43.5 Å². The molecular formula is C78H98Ge2O4Sn. The quantitative estimate of drug-likeness (QED) is 0.0379. The van der Waals surface area contributed by atoms with Gasteiger partial charge < -0.3 is 0 Å². The molecule has 0 aliphatic carbocycles. The molecule has 8 rings (SSSR count). The third-order valence-corrected chi connectivity index (χ3v) is 43.6. The maximum atomic E-state index is 12.4. The number of benzene rings is 8. The molecule has 0 saturated heterocycles. The van der Waals surface area contributed by atoms with Crippen molar-refractivity contribution >= 4 is 86.0 Å². The van der Waals surface area contributed by atoms with Crippen LogP contribution in [0.5, 0.6) is 0 Å². The standard InChI is InChI=1S/2C31H32GeO2.2C8H17.Sn/c2*1-22-5-13-26(14-6-22)30(21-31(33)34)32(27-15-7-23(2)8-16-27,28-17-9-24(3)10-18-28)29-19-11-25(4)12-20-29;2*1-3-5-7-8-6-4-2;/h2*5-20,30H,21H2,1-4H3,(H,33,34);2*1,3-8H2,2H3;. The van der Waals surface area contributed by atoms with E-state index in [2.05, 4.69) is 263 Å². The number of carboxylic acid groups (broad SMARTS) is 2. The van der Waals surface area contributed by atoms with Crippen LogP contribution >= 0.6 is 0 Å². The molecule has 0 fully saturated rings. The minimum absolute atomic E-state index is 0.0736. The molecule has 2 N–H and O–H groups in total. The Morgan fingerprint density at radius 3 is 0.694 bits per heavy atom. The predicted octanol–water partition coefficient (Wildman–Crippen LogP) is 16.6. The van der Waals surface area contributed by atoms with Gasteiger partial charge >= 0.3 is 533 Å². The van der Waals surface area contributed by atoms with Crippen LogP contribution in [0.2, 0.25) is 8.87 Å². The van der Waals surface area contributed by atoms with Crippen molar-refractivity contribution in [3.05, 3.63) is 250 Å². The summed E-state index contributed by atoms with van der Waals surface area (Å²) in [6.45, 7) is 21.4. The Balaban J connectivity index is 0.000000217. The summed E-state index contributed by atoms with van der Waals surface area (Å²) in [4.78, 5) is 24.8. The average Bonchev–Trinajstić information content (AvgIpc) is 1.08. The molecule has 2 unspecified atom stereocenters. The van der Waals surface area contributed by atoms with Gasteiger partial charge in [0, 0.05) is 0 Å². The SMILES string of the molecule is CCCCCCC[CH2][Sn][CH2]CCCCCCC.Cc1ccc([CH](CC(=O)O)[Ge]([c]2ccc(C)cc2)([c]2ccc(C)cc2)[c]2ccc(C)cc2)cc1.Cc1ccc([CH](CC(=O)O)[Ge]([c]2ccc(C)cc2)([c]2ccc(C)cc2)[c]2ccc(C)cc2)cc1. The number of hydrogen-bond donors (Lipinski definition) is 2. The van der Waals surface area contributed by atoms with Gasteiger partial charge in [0.1, 0.15) is 0 Å². The Morgan fingerprint density at radius 1 is 0.306 bits per heavy atom. The van der Waals surface area contributed by atoms with Crippen molar-refractivity contribution in [2.45, 2.75) is 178 Å². The van der Waals surface area contributed by atoms with Crippen molar-refractivity contribution in [2.75, 3.05) is 0 Å². The summed E-state index contributed by atoms with van der Waals surface area (Å²) in [5.74, 6) is -1.51. The van der Waals surface area contributed by atoms with Crippen LogP contribution in [0.4, 0.5) is 0 Å². The zero-order chi connectivity index (χ0) is 61.2. The molecule has 446 valence electrons. The first kappa shape index (κ1) is 68.7. The topological polar surface area (TPSA) is 74.6 Å². The van der Waals surface area contributed by atoms with E-state index >= 15 is 0 Å². The van der Waals surface area contributed by atoms with Crippen molar-refractivity contribution in [1.82, 2.24) is 0 Å². The second-order valence-electron chi connectivity index (χ2n) is 24.2. The Morgan fingerprint density at radius 2 is 0.494 bits per heavy atom. The summed E-state index contributed by atoms with van der Waals surface area (Å²) in [5, 5.41) is 20.3. The third kappa shape index (κ3) is 19.8. The molecule has 0 heterocycles. The summed E-state index contributed by atoms with van der Waals surface area (Å²) in [6, 6.07) is 70.0. The molecule has 2 atom stereocenters. The number of rotatable bonds is 28. The predicted molar refractivity (Wildman–Crippen MR) is 371 cm³/mol. The van der Waals surface area contributed by atoms with Gasteiger partial charge in [0.25, 0.3) is 0 Å². The van der Waals surface area contributed by atoms with Gasteiger partial charge in [0.05, 0.1) is 0 Å². The molecule has 7 heteroatoms. The average molecular weight is 1360 g/mol. The number of hydrogen-bond acceptors (Lipinski definition) is 2. The van der Waals surface area contributed by atoms with Crippen LogP contribution in [0.15, 0.2) is 194 Å². The van der Waals surface area contributed by atoms with Crippen LogP contribution in [-0.4, -0.2) is 69.8 Å². The Kier molecular flexibility index (Phi) is 28.6. The molecule has 8 aromatic rings. The first-order valence-corrected chi connectivity index (χ1v) is 44.5. The van der Waals surface area contributed by atoms with Crippen LogP contribution in [-0.2, 0) is 9.59 Å². The normalized spacial score (nSPS) is 12.1. The maximum absolute atomic E-state index is 12.4. The van der Waals surface area contributed by atoms with Crippen molar-refractivity contribution in [2.24, 2.45) is 0 Å². The molecule has 85 heavy (non-hydrogen) atoms. The fourth-order valence-corrected chi connectivity index (χ4v) is 38.7. The van der Waals surface area contributed by atoms with E-state index in [1.807, 2.05) is 0 Å². The van der Waals surface area contributed by atoms with Crippen LogP contribution in [0.3, 0.4) is 0 Å². The van der Waals surface area contributed by atoms with E-state index in [1.165, 1.54) is 135 Å². The minimum atomic E-state index is -3.58. The van der Waals surface area contributed by atoms with E-state index in [9.17, 15) is 19.8 Å². The molecule has 0 aliphatic rings. The second kappa shape index (κ2) is 35.4. The molecular weight excluding hydrogens is 1260 g/mol. The van der Waals surface area contributed by atoms with Gasteiger partial charge in [-0.25, -0.2) is 0 Å². The number of unbranched alkanes of at least 4 members (excludes halogenated alkanes) is 10. The Labute approximate surface area is 528 Å². The zero-order valence-corrected chi connectivity index (χ0v) is 60.2. The molecule has 2 radical (unpaired) electrons. The molecule has 0 amide bonds. The second-order valence-corrected chi connectivity index (χ2v) is 45.5. The van der Waals surface area contributed by atoms with E-state index in [1.54, 1.807) is 21.7 Å². The summed E-state index contributed by atoms with van der Waals surface area (Å²) in [7, 11) is 0. The fraction of sp³-hybridized carbons (Fsp3) is 0.359. The number of carbonyl (C=O) groups is 2. The van der Waals surface area contributed by atoms with E-state index in [0.717, 1.165) is 11.1 Å². The van der Waals surface area contributed by atoms with Gasteiger partial charge in [-0.3, -0.25) is 0 Å². The van der Waals surface area contributed by atoms with Crippen LogP contribution in [0.1, 0.15) is 169 Å². The molecule has 8 aromatic carbocycles. The van der Waals surface area contributed by atoms with Crippen LogP contribution in [0, 0.1) is 55.4 Å².